The number of hydrogen-bond acceptors (Lipinski definition) is 1. The van der Waals surface area contributed by atoms with Gasteiger partial charge in [-0.1, -0.05) is 0 Å². The number of nitrogens with zero attached hydrogens (tertiary/aromatic N) is 1. The first-order chi connectivity index (χ1) is 4.20. The molecule has 9 heavy (non-hydrogen) atoms. The Labute approximate surface area is 53.8 Å². The Morgan fingerprint density at radius 3 is 2.78 bits per heavy atom. The summed E-state index contributed by atoms with van der Waals surface area (Å²) in [6, 6.07) is 3.07. The summed E-state index contributed by atoms with van der Waals surface area (Å²) in [5.74, 6) is 0. The van der Waals surface area contributed by atoms with Crippen molar-refractivity contribution >= 4 is 0 Å². The maximum atomic E-state index is 10.7. The van der Waals surface area contributed by atoms with Gasteiger partial charge in [0, 0.05) is 19.3 Å². The van der Waals surface area contributed by atoms with Crippen molar-refractivity contribution in [1.82, 2.24) is 4.57 Å². The summed E-state index contributed by atoms with van der Waals surface area (Å²) in [6.45, 7) is 5.31. The number of rotatable bonds is 0. The van der Waals surface area contributed by atoms with Gasteiger partial charge in [-0.15, -0.1) is 0 Å². The van der Waals surface area contributed by atoms with Crippen molar-refractivity contribution in [2.45, 2.75) is 0 Å². The van der Waals surface area contributed by atoms with Crippen LogP contribution in [0.25, 0.3) is 0 Å². The molecule has 2 nitrogen and oxygen atoms in total. The first-order valence-corrected chi connectivity index (χ1v) is 2.62. The van der Waals surface area contributed by atoms with Crippen molar-refractivity contribution in [1.29, 1.82) is 0 Å². The summed E-state index contributed by atoms with van der Waals surface area (Å²) >= 11 is 0. The standard InChI is InChI=1S/C7H7NO/c1-6-3-4-8(2)7(9)5-6/h1,3-5H,2H3. The molecule has 2 radical (unpaired) electrons. The van der Waals surface area contributed by atoms with Gasteiger partial charge in [-0.2, -0.15) is 0 Å². The fourth-order valence-corrected chi connectivity index (χ4v) is 0.564. The minimum atomic E-state index is -0.0741. The van der Waals surface area contributed by atoms with Crippen molar-refractivity contribution in [2.75, 3.05) is 0 Å². The average molecular weight is 121 g/mol. The van der Waals surface area contributed by atoms with Gasteiger partial charge in [0.2, 0.25) is 0 Å². The molecular weight excluding hydrogens is 114 g/mol. The molecule has 0 aliphatic rings. The van der Waals surface area contributed by atoms with E-state index in [1.807, 2.05) is 0 Å². The van der Waals surface area contributed by atoms with Gasteiger partial charge < -0.3 is 4.57 Å². The van der Waals surface area contributed by atoms with Crippen LogP contribution in [0.15, 0.2) is 23.1 Å². The first kappa shape index (κ1) is 6.08. The lowest BCUT2D eigenvalue weighted by Crippen LogP contribution is -2.13. The molecule has 2 heteroatoms. The second-order valence-corrected chi connectivity index (χ2v) is 1.91. The van der Waals surface area contributed by atoms with Crippen LogP contribution in [0.4, 0.5) is 0 Å². The zero-order valence-corrected chi connectivity index (χ0v) is 5.16. The van der Waals surface area contributed by atoms with Crippen LogP contribution in [-0.4, -0.2) is 4.57 Å². The molecule has 0 fully saturated rings. The van der Waals surface area contributed by atoms with Gasteiger partial charge in [-0.3, -0.25) is 4.79 Å². The van der Waals surface area contributed by atoms with E-state index in [1.165, 1.54) is 10.6 Å². The quantitative estimate of drug-likeness (QED) is 0.488. The van der Waals surface area contributed by atoms with Crippen LogP contribution >= 0.6 is 0 Å². The first-order valence-electron chi connectivity index (χ1n) is 2.62. The van der Waals surface area contributed by atoms with E-state index in [-0.39, 0.29) is 5.56 Å². The highest BCUT2D eigenvalue weighted by atomic mass is 16.1. The third kappa shape index (κ3) is 1.19. The van der Waals surface area contributed by atoms with Crippen molar-refractivity contribution in [2.24, 2.45) is 7.05 Å². The van der Waals surface area contributed by atoms with E-state index in [0.717, 1.165) is 0 Å². The van der Waals surface area contributed by atoms with E-state index >= 15 is 0 Å². The molecule has 0 aliphatic carbocycles. The highest BCUT2D eigenvalue weighted by Gasteiger charge is 1.86. The Kier molecular flexibility index (Phi) is 1.39. The predicted molar refractivity (Wildman–Crippen MR) is 35.1 cm³/mol. The SMILES string of the molecule is [CH]c1ccn(C)c(=O)c1. The van der Waals surface area contributed by atoms with Crippen LogP contribution in [0.1, 0.15) is 5.56 Å². The second kappa shape index (κ2) is 2.05. The number of pyridine rings is 1. The van der Waals surface area contributed by atoms with Gasteiger partial charge in [0.15, 0.2) is 0 Å². The van der Waals surface area contributed by atoms with Gasteiger partial charge in [0.1, 0.15) is 0 Å². The Morgan fingerprint density at radius 2 is 2.33 bits per heavy atom. The molecule has 46 valence electrons. The van der Waals surface area contributed by atoms with Crippen molar-refractivity contribution in [3.63, 3.8) is 0 Å². The zero-order chi connectivity index (χ0) is 6.85. The van der Waals surface area contributed by atoms with Crippen molar-refractivity contribution < 1.29 is 0 Å². The molecule has 0 aromatic carbocycles. The lowest BCUT2D eigenvalue weighted by atomic mass is 10.3. The van der Waals surface area contributed by atoms with Gasteiger partial charge in [0.25, 0.3) is 5.56 Å². The van der Waals surface area contributed by atoms with Crippen LogP contribution in [-0.2, 0) is 7.05 Å². The van der Waals surface area contributed by atoms with Crippen LogP contribution in [0, 0.1) is 6.92 Å². The second-order valence-electron chi connectivity index (χ2n) is 1.91. The van der Waals surface area contributed by atoms with Crippen LogP contribution in [0.3, 0.4) is 0 Å². The van der Waals surface area contributed by atoms with E-state index in [4.69, 9.17) is 6.92 Å². The number of aromatic nitrogens is 1. The van der Waals surface area contributed by atoms with Crippen LogP contribution in [0.2, 0.25) is 0 Å². The Balaban J connectivity index is 3.34. The van der Waals surface area contributed by atoms with Crippen LogP contribution < -0.4 is 5.56 Å². The molecule has 0 spiro atoms. The van der Waals surface area contributed by atoms with Crippen LogP contribution in [0.5, 0.6) is 0 Å². The number of aryl methyl sites for hydroxylation is 1. The molecule has 1 aromatic heterocycles. The van der Waals surface area contributed by atoms with Gasteiger partial charge >= 0.3 is 0 Å². The Bertz CT molecular complexity index is 262. The Morgan fingerprint density at radius 1 is 1.67 bits per heavy atom. The third-order valence-corrected chi connectivity index (χ3v) is 1.13. The predicted octanol–water partition coefficient (Wildman–Crippen LogP) is 0.444. The molecule has 0 atom stereocenters. The summed E-state index contributed by atoms with van der Waals surface area (Å²) in [6.07, 6.45) is 1.64. The number of hydrogen-bond donors (Lipinski definition) is 0. The molecule has 0 bridgehead atoms. The normalized spacial score (nSPS) is 9.56. The molecule has 0 N–H and O–H groups in total. The largest absolute Gasteiger partial charge is 0.319 e. The highest BCUT2D eigenvalue weighted by molar-refractivity contribution is 5.13. The summed E-state index contributed by atoms with van der Waals surface area (Å²) in [5.41, 5.74) is 0.438. The van der Waals surface area contributed by atoms with E-state index in [0.29, 0.717) is 5.56 Å². The van der Waals surface area contributed by atoms with E-state index in [1.54, 1.807) is 19.3 Å². The summed E-state index contributed by atoms with van der Waals surface area (Å²) in [4.78, 5) is 10.7. The minimum Gasteiger partial charge on any atom is -0.319 e. The van der Waals surface area contributed by atoms with E-state index < -0.39 is 0 Å². The lowest BCUT2D eigenvalue weighted by Gasteiger charge is -1.93. The van der Waals surface area contributed by atoms with E-state index in [2.05, 4.69) is 0 Å². The fourth-order valence-electron chi connectivity index (χ4n) is 0.564. The van der Waals surface area contributed by atoms with Crippen molar-refractivity contribution in [3.8, 4) is 0 Å². The molecule has 1 aromatic rings. The molecule has 1 heterocycles. The monoisotopic (exact) mass is 121 g/mol. The molecule has 0 unspecified atom stereocenters. The van der Waals surface area contributed by atoms with Gasteiger partial charge in [-0.25, -0.2) is 0 Å². The molecule has 1 rings (SSSR count). The fraction of sp³-hybridized carbons (Fsp3) is 0.143. The smallest absolute Gasteiger partial charge is 0.250 e. The molecule has 0 saturated heterocycles. The third-order valence-electron chi connectivity index (χ3n) is 1.13. The van der Waals surface area contributed by atoms with Gasteiger partial charge in [0.05, 0.1) is 0 Å². The highest BCUT2D eigenvalue weighted by Crippen LogP contribution is 1.87. The molecule has 0 aliphatic heterocycles. The topological polar surface area (TPSA) is 22.0 Å². The Hall–Kier alpha value is -1.05. The lowest BCUT2D eigenvalue weighted by molar-refractivity contribution is 0.858. The van der Waals surface area contributed by atoms with Crippen molar-refractivity contribution in [3.05, 3.63) is 41.2 Å². The molecule has 0 saturated carbocycles. The summed E-state index contributed by atoms with van der Waals surface area (Å²) in [5, 5.41) is 0. The zero-order valence-electron chi connectivity index (χ0n) is 5.16. The molecule has 0 amide bonds. The van der Waals surface area contributed by atoms with Gasteiger partial charge in [-0.05, 0) is 18.6 Å². The average Bonchev–Trinajstić information content (AvgIpc) is 1.80. The maximum absolute atomic E-state index is 10.7. The minimum absolute atomic E-state index is 0.0741. The van der Waals surface area contributed by atoms with E-state index in [9.17, 15) is 4.79 Å². The maximum Gasteiger partial charge on any atom is 0.250 e. The molecular formula is C7H7NO. The summed E-state index contributed by atoms with van der Waals surface area (Å²) < 4.78 is 1.47. The summed E-state index contributed by atoms with van der Waals surface area (Å²) in [7, 11) is 1.68.